The number of nitrogens with zero attached hydrogens (tertiary/aromatic N) is 4. The molecule has 1 aromatic heterocycles. The zero-order chi connectivity index (χ0) is 17.8. The van der Waals surface area contributed by atoms with Crippen molar-refractivity contribution in [1.29, 1.82) is 0 Å². The molecule has 1 amide bonds. The second kappa shape index (κ2) is 7.65. The number of anilines is 1. The Balaban J connectivity index is 1.54. The molecular formula is C18H25N5O2. The maximum Gasteiger partial charge on any atom is 0.238 e. The maximum atomic E-state index is 12.4. The van der Waals surface area contributed by atoms with E-state index in [1.807, 2.05) is 36.1 Å². The summed E-state index contributed by atoms with van der Waals surface area (Å²) >= 11 is 0. The van der Waals surface area contributed by atoms with Crippen LogP contribution in [-0.4, -0.2) is 59.1 Å². The minimum atomic E-state index is -0.0704. The van der Waals surface area contributed by atoms with Crippen LogP contribution in [-0.2, 0) is 11.2 Å². The minimum absolute atomic E-state index is 0.0704. The van der Waals surface area contributed by atoms with Gasteiger partial charge in [-0.05, 0) is 31.7 Å². The lowest BCUT2D eigenvalue weighted by Gasteiger charge is -2.32. The van der Waals surface area contributed by atoms with Crippen LogP contribution >= 0.6 is 0 Å². The Labute approximate surface area is 148 Å². The molecule has 0 bridgehead atoms. The summed E-state index contributed by atoms with van der Waals surface area (Å²) in [6, 6.07) is 7.86. The number of likely N-dealkylation sites (N-methyl/N-ethyl adjacent to an activating group) is 1. The highest BCUT2D eigenvalue weighted by Gasteiger charge is 2.19. The zero-order valence-corrected chi connectivity index (χ0v) is 15.0. The van der Waals surface area contributed by atoms with Crippen LogP contribution in [0.3, 0.4) is 0 Å². The summed E-state index contributed by atoms with van der Waals surface area (Å²) in [5.74, 6) is 1.32. The van der Waals surface area contributed by atoms with Crippen molar-refractivity contribution in [2.24, 2.45) is 0 Å². The minimum Gasteiger partial charge on any atom is -0.423 e. The van der Waals surface area contributed by atoms with Gasteiger partial charge in [0.1, 0.15) is 6.04 Å². The molecule has 0 radical (unpaired) electrons. The molecule has 7 nitrogen and oxygen atoms in total. The van der Waals surface area contributed by atoms with Crippen molar-refractivity contribution in [1.82, 2.24) is 20.0 Å². The number of hydrogen-bond acceptors (Lipinski definition) is 6. The van der Waals surface area contributed by atoms with Crippen LogP contribution in [0.4, 0.5) is 5.69 Å². The first-order valence-corrected chi connectivity index (χ1v) is 8.63. The number of benzene rings is 1. The monoisotopic (exact) mass is 343 g/mol. The highest BCUT2D eigenvalue weighted by molar-refractivity contribution is 5.79. The molecule has 1 fully saturated rings. The van der Waals surface area contributed by atoms with Crippen molar-refractivity contribution in [2.75, 3.05) is 38.5 Å². The zero-order valence-electron chi connectivity index (χ0n) is 15.0. The fourth-order valence-electron chi connectivity index (χ4n) is 2.86. The number of aryl methyl sites for hydroxylation is 1. The van der Waals surface area contributed by atoms with E-state index >= 15 is 0 Å². The van der Waals surface area contributed by atoms with E-state index in [2.05, 4.69) is 27.5 Å². The maximum absolute atomic E-state index is 12.4. The van der Waals surface area contributed by atoms with Crippen molar-refractivity contribution < 1.29 is 9.21 Å². The first-order chi connectivity index (χ1) is 12.0. The lowest BCUT2D eigenvalue weighted by Crippen LogP contribution is -2.47. The molecule has 0 spiro atoms. The molecule has 1 aliphatic rings. The van der Waals surface area contributed by atoms with Crippen LogP contribution in [0.5, 0.6) is 0 Å². The predicted octanol–water partition coefficient (Wildman–Crippen LogP) is 1.87. The molecular weight excluding hydrogens is 318 g/mol. The third-order valence-corrected chi connectivity index (χ3v) is 4.46. The lowest BCUT2D eigenvalue weighted by atomic mass is 10.1. The van der Waals surface area contributed by atoms with Gasteiger partial charge in [-0.15, -0.1) is 10.2 Å². The van der Waals surface area contributed by atoms with Gasteiger partial charge < -0.3 is 19.5 Å². The quantitative estimate of drug-likeness (QED) is 0.893. The highest BCUT2D eigenvalue weighted by atomic mass is 16.4. The largest absolute Gasteiger partial charge is 0.423 e. The fourth-order valence-corrected chi connectivity index (χ4v) is 2.86. The molecule has 1 N–H and O–H groups in total. The van der Waals surface area contributed by atoms with Crippen molar-refractivity contribution >= 4 is 11.6 Å². The average molecular weight is 343 g/mol. The molecule has 2 aromatic rings. The number of hydrogen-bond donors (Lipinski definition) is 1. The molecule has 134 valence electrons. The number of aromatic nitrogens is 2. The summed E-state index contributed by atoms with van der Waals surface area (Å²) in [6.45, 7) is 7.27. The SMILES string of the molecule is Cc1nnc(C(C)Nc2ccc(CC(=O)N3CCN(C)CC3)cc2)o1. The van der Waals surface area contributed by atoms with Crippen molar-refractivity contribution in [2.45, 2.75) is 26.3 Å². The Morgan fingerprint density at radius 1 is 1.20 bits per heavy atom. The van der Waals surface area contributed by atoms with Gasteiger partial charge in [0.05, 0.1) is 6.42 Å². The third-order valence-electron chi connectivity index (χ3n) is 4.46. The molecule has 1 unspecified atom stereocenters. The van der Waals surface area contributed by atoms with E-state index in [1.165, 1.54) is 0 Å². The van der Waals surface area contributed by atoms with Gasteiger partial charge in [0.2, 0.25) is 17.7 Å². The molecule has 25 heavy (non-hydrogen) atoms. The van der Waals surface area contributed by atoms with Gasteiger partial charge in [-0.3, -0.25) is 4.79 Å². The van der Waals surface area contributed by atoms with E-state index in [0.717, 1.165) is 37.4 Å². The summed E-state index contributed by atoms with van der Waals surface area (Å²) in [5.41, 5.74) is 1.98. The predicted molar refractivity (Wildman–Crippen MR) is 95.3 cm³/mol. The first kappa shape index (κ1) is 17.4. The molecule has 0 aliphatic carbocycles. The number of carbonyl (C=O) groups excluding carboxylic acids is 1. The number of carbonyl (C=O) groups is 1. The van der Waals surface area contributed by atoms with E-state index < -0.39 is 0 Å². The Bertz CT molecular complexity index is 705. The molecule has 1 aliphatic heterocycles. The van der Waals surface area contributed by atoms with Crippen LogP contribution in [0, 0.1) is 6.92 Å². The Morgan fingerprint density at radius 2 is 1.88 bits per heavy atom. The summed E-state index contributed by atoms with van der Waals surface area (Å²) < 4.78 is 5.43. The second-order valence-electron chi connectivity index (χ2n) is 6.58. The highest BCUT2D eigenvalue weighted by Crippen LogP contribution is 2.19. The molecule has 1 atom stereocenters. The first-order valence-electron chi connectivity index (χ1n) is 8.63. The van der Waals surface area contributed by atoms with E-state index in [4.69, 9.17) is 4.42 Å². The van der Waals surface area contributed by atoms with Gasteiger partial charge >= 0.3 is 0 Å². The van der Waals surface area contributed by atoms with Crippen LogP contribution in [0.15, 0.2) is 28.7 Å². The molecule has 7 heteroatoms. The van der Waals surface area contributed by atoms with Gasteiger partial charge in [0, 0.05) is 38.8 Å². The van der Waals surface area contributed by atoms with Crippen LogP contribution in [0.25, 0.3) is 0 Å². The van der Waals surface area contributed by atoms with Gasteiger partial charge in [0.25, 0.3) is 0 Å². The smallest absolute Gasteiger partial charge is 0.238 e. The van der Waals surface area contributed by atoms with Crippen molar-refractivity contribution in [3.05, 3.63) is 41.6 Å². The number of nitrogens with one attached hydrogen (secondary N) is 1. The second-order valence-corrected chi connectivity index (χ2v) is 6.58. The average Bonchev–Trinajstić information content (AvgIpc) is 3.04. The van der Waals surface area contributed by atoms with E-state index in [1.54, 1.807) is 6.92 Å². The molecule has 1 aromatic carbocycles. The Morgan fingerprint density at radius 3 is 2.48 bits per heavy atom. The van der Waals surface area contributed by atoms with Crippen molar-refractivity contribution in [3.8, 4) is 0 Å². The van der Waals surface area contributed by atoms with Crippen LogP contribution in [0.1, 0.15) is 30.3 Å². The van der Waals surface area contributed by atoms with Gasteiger partial charge in [-0.25, -0.2) is 0 Å². The Kier molecular flexibility index (Phi) is 5.33. The number of rotatable bonds is 5. The summed E-state index contributed by atoms with van der Waals surface area (Å²) in [4.78, 5) is 16.6. The topological polar surface area (TPSA) is 74.5 Å². The Hall–Kier alpha value is -2.41. The number of amides is 1. The molecule has 2 heterocycles. The summed E-state index contributed by atoms with van der Waals surface area (Å²) in [7, 11) is 2.09. The third kappa shape index (κ3) is 4.57. The molecule has 3 rings (SSSR count). The van der Waals surface area contributed by atoms with Gasteiger partial charge in [-0.1, -0.05) is 12.1 Å². The van der Waals surface area contributed by atoms with Crippen LogP contribution < -0.4 is 5.32 Å². The van der Waals surface area contributed by atoms with E-state index in [0.29, 0.717) is 18.2 Å². The van der Waals surface area contributed by atoms with Crippen molar-refractivity contribution in [3.63, 3.8) is 0 Å². The number of piperazine rings is 1. The lowest BCUT2D eigenvalue weighted by molar-refractivity contribution is -0.132. The van der Waals surface area contributed by atoms with Gasteiger partial charge in [-0.2, -0.15) is 0 Å². The summed E-state index contributed by atoms with van der Waals surface area (Å²) in [5, 5.41) is 11.2. The molecule has 0 saturated carbocycles. The van der Waals surface area contributed by atoms with E-state index in [9.17, 15) is 4.79 Å². The standard InChI is InChI=1S/C18H25N5O2/c1-13(18-21-20-14(2)25-18)19-16-6-4-15(5-7-16)12-17(24)23-10-8-22(3)9-11-23/h4-7,13,19H,8-12H2,1-3H3. The van der Waals surface area contributed by atoms with E-state index in [-0.39, 0.29) is 11.9 Å². The van der Waals surface area contributed by atoms with Gasteiger partial charge in [0.15, 0.2) is 0 Å². The van der Waals surface area contributed by atoms with Crippen LogP contribution in [0.2, 0.25) is 0 Å². The fraction of sp³-hybridized carbons (Fsp3) is 0.500. The normalized spacial score (nSPS) is 16.7. The summed E-state index contributed by atoms with van der Waals surface area (Å²) in [6.07, 6.45) is 0.447. The molecule has 1 saturated heterocycles.